The van der Waals surface area contributed by atoms with Crippen molar-refractivity contribution in [1.82, 2.24) is 4.90 Å². The molecule has 19 heavy (non-hydrogen) atoms. The zero-order valence-corrected chi connectivity index (χ0v) is 12.4. The van der Waals surface area contributed by atoms with Gasteiger partial charge in [0, 0.05) is 25.2 Å². The van der Waals surface area contributed by atoms with Gasteiger partial charge in [-0.3, -0.25) is 4.90 Å². The topological polar surface area (TPSA) is 29.3 Å². The van der Waals surface area contributed by atoms with Gasteiger partial charge in [0.05, 0.1) is 0 Å². The fourth-order valence-corrected chi connectivity index (χ4v) is 2.98. The first-order chi connectivity index (χ1) is 9.15. The highest BCUT2D eigenvalue weighted by atomic mass is 15.1. The smallest absolute Gasteiger partial charge is 0.0236 e. The van der Waals surface area contributed by atoms with E-state index in [2.05, 4.69) is 49.1 Å². The maximum absolute atomic E-state index is 6.00. The highest BCUT2D eigenvalue weighted by Gasteiger charge is 2.22. The van der Waals surface area contributed by atoms with E-state index in [1.807, 2.05) is 0 Å². The predicted molar refractivity (Wildman–Crippen MR) is 81.9 cm³/mol. The normalized spacial score (nSPS) is 24.1. The number of rotatable bonds is 5. The van der Waals surface area contributed by atoms with Gasteiger partial charge in [0.15, 0.2) is 0 Å². The van der Waals surface area contributed by atoms with Crippen LogP contribution in [0.1, 0.15) is 45.1 Å². The number of nitrogens with zero attached hydrogens (tertiary/aromatic N) is 1. The lowest BCUT2D eigenvalue weighted by atomic mass is 9.86. The van der Waals surface area contributed by atoms with Crippen LogP contribution >= 0.6 is 0 Å². The Bertz CT molecular complexity index is 353. The maximum atomic E-state index is 6.00. The fourth-order valence-electron chi connectivity index (χ4n) is 2.98. The second kappa shape index (κ2) is 7.06. The Hall–Kier alpha value is -0.860. The number of hydrogen-bond donors (Lipinski definition) is 1. The zero-order chi connectivity index (χ0) is 13.7. The van der Waals surface area contributed by atoms with Crippen molar-refractivity contribution in [2.45, 2.75) is 58.2 Å². The van der Waals surface area contributed by atoms with Gasteiger partial charge in [-0.2, -0.15) is 0 Å². The van der Waals surface area contributed by atoms with E-state index in [-0.39, 0.29) is 0 Å². The Labute approximate surface area is 118 Å². The van der Waals surface area contributed by atoms with E-state index in [4.69, 9.17) is 5.73 Å². The second-order valence-electron chi connectivity index (χ2n) is 6.29. The molecule has 0 amide bonds. The molecule has 0 aromatic heterocycles. The molecule has 2 nitrogen and oxygen atoms in total. The van der Waals surface area contributed by atoms with Gasteiger partial charge in [-0.1, -0.05) is 30.3 Å². The third-order valence-corrected chi connectivity index (χ3v) is 4.34. The van der Waals surface area contributed by atoms with Crippen molar-refractivity contribution in [2.75, 3.05) is 6.54 Å². The predicted octanol–water partition coefficient (Wildman–Crippen LogP) is 3.41. The third kappa shape index (κ3) is 4.63. The summed E-state index contributed by atoms with van der Waals surface area (Å²) >= 11 is 0. The minimum absolute atomic E-state index is 0.456. The average Bonchev–Trinajstić information content (AvgIpc) is 2.41. The molecule has 0 radical (unpaired) electrons. The van der Waals surface area contributed by atoms with Crippen LogP contribution in [0.2, 0.25) is 0 Å². The van der Waals surface area contributed by atoms with Crippen LogP contribution in [0.4, 0.5) is 0 Å². The van der Waals surface area contributed by atoms with E-state index in [9.17, 15) is 0 Å². The first-order valence-corrected chi connectivity index (χ1v) is 7.68. The third-order valence-electron chi connectivity index (χ3n) is 4.34. The average molecular weight is 260 g/mol. The van der Waals surface area contributed by atoms with Crippen molar-refractivity contribution in [1.29, 1.82) is 0 Å². The van der Waals surface area contributed by atoms with Gasteiger partial charge >= 0.3 is 0 Å². The molecule has 1 saturated carbocycles. The van der Waals surface area contributed by atoms with Crippen molar-refractivity contribution >= 4 is 0 Å². The van der Waals surface area contributed by atoms with Crippen LogP contribution in [0.5, 0.6) is 0 Å². The molecule has 2 N–H and O–H groups in total. The molecule has 0 atom stereocenters. The minimum atomic E-state index is 0.456. The maximum Gasteiger partial charge on any atom is 0.0236 e. The first kappa shape index (κ1) is 14.5. The van der Waals surface area contributed by atoms with Crippen LogP contribution < -0.4 is 5.73 Å². The molecule has 0 spiro atoms. The Morgan fingerprint density at radius 1 is 1.11 bits per heavy atom. The highest BCUT2D eigenvalue weighted by Crippen LogP contribution is 2.25. The SMILES string of the molecule is CC(C)N(Cc1ccccc1)CC1CCC(N)CC1. The molecule has 1 aliphatic rings. The van der Waals surface area contributed by atoms with E-state index in [1.165, 1.54) is 37.8 Å². The van der Waals surface area contributed by atoms with Crippen LogP contribution in [-0.2, 0) is 6.54 Å². The summed E-state index contributed by atoms with van der Waals surface area (Å²) in [5, 5.41) is 0. The summed E-state index contributed by atoms with van der Waals surface area (Å²) in [7, 11) is 0. The largest absolute Gasteiger partial charge is 0.328 e. The molecule has 1 fully saturated rings. The minimum Gasteiger partial charge on any atom is -0.328 e. The van der Waals surface area contributed by atoms with E-state index in [1.54, 1.807) is 0 Å². The lowest BCUT2D eigenvalue weighted by molar-refractivity contribution is 0.154. The molecule has 0 saturated heterocycles. The molecule has 2 rings (SSSR count). The van der Waals surface area contributed by atoms with Crippen molar-refractivity contribution in [2.24, 2.45) is 11.7 Å². The molecule has 1 aromatic rings. The fraction of sp³-hybridized carbons (Fsp3) is 0.647. The van der Waals surface area contributed by atoms with E-state index >= 15 is 0 Å². The highest BCUT2D eigenvalue weighted by molar-refractivity contribution is 5.14. The molecule has 0 unspecified atom stereocenters. The zero-order valence-electron chi connectivity index (χ0n) is 12.4. The number of hydrogen-bond acceptors (Lipinski definition) is 2. The molecule has 0 bridgehead atoms. The Morgan fingerprint density at radius 3 is 2.32 bits per heavy atom. The molecule has 1 aliphatic carbocycles. The lowest BCUT2D eigenvalue weighted by Gasteiger charge is -2.34. The standard InChI is InChI=1S/C17H28N2/c1-14(2)19(12-15-6-4-3-5-7-15)13-16-8-10-17(18)11-9-16/h3-7,14,16-17H,8-13,18H2,1-2H3. The van der Waals surface area contributed by atoms with Crippen molar-refractivity contribution < 1.29 is 0 Å². The molecular weight excluding hydrogens is 232 g/mol. The van der Waals surface area contributed by atoms with Gasteiger partial charge in [-0.25, -0.2) is 0 Å². The summed E-state index contributed by atoms with van der Waals surface area (Å²) in [6.45, 7) is 6.90. The van der Waals surface area contributed by atoms with Gasteiger partial charge < -0.3 is 5.73 Å². The van der Waals surface area contributed by atoms with Gasteiger partial charge in [0.2, 0.25) is 0 Å². The summed E-state index contributed by atoms with van der Waals surface area (Å²) in [5.74, 6) is 0.839. The summed E-state index contributed by atoms with van der Waals surface area (Å²) in [6, 6.07) is 11.9. The summed E-state index contributed by atoms with van der Waals surface area (Å²) in [6.07, 6.45) is 5.03. The van der Waals surface area contributed by atoms with Gasteiger partial charge in [0.25, 0.3) is 0 Å². The van der Waals surface area contributed by atoms with Gasteiger partial charge in [0.1, 0.15) is 0 Å². The molecule has 1 aromatic carbocycles. The second-order valence-corrected chi connectivity index (χ2v) is 6.29. The van der Waals surface area contributed by atoms with Crippen molar-refractivity contribution in [3.8, 4) is 0 Å². The summed E-state index contributed by atoms with van der Waals surface area (Å²) in [4.78, 5) is 2.61. The molecule has 0 aliphatic heterocycles. The molecular formula is C17H28N2. The Balaban J connectivity index is 1.89. The quantitative estimate of drug-likeness (QED) is 0.879. The van der Waals surface area contributed by atoms with E-state index in [0.29, 0.717) is 12.1 Å². The van der Waals surface area contributed by atoms with Crippen LogP contribution in [0, 0.1) is 5.92 Å². The van der Waals surface area contributed by atoms with Crippen LogP contribution in [-0.4, -0.2) is 23.5 Å². The molecule has 106 valence electrons. The van der Waals surface area contributed by atoms with Crippen LogP contribution in [0.3, 0.4) is 0 Å². The van der Waals surface area contributed by atoms with Crippen LogP contribution in [0.15, 0.2) is 30.3 Å². The van der Waals surface area contributed by atoms with E-state index < -0.39 is 0 Å². The summed E-state index contributed by atoms with van der Waals surface area (Å²) in [5.41, 5.74) is 7.42. The molecule has 2 heteroatoms. The van der Waals surface area contributed by atoms with Crippen molar-refractivity contribution in [3.63, 3.8) is 0 Å². The Kier molecular flexibility index (Phi) is 5.41. The van der Waals surface area contributed by atoms with Crippen molar-refractivity contribution in [3.05, 3.63) is 35.9 Å². The van der Waals surface area contributed by atoms with Gasteiger partial charge in [-0.05, 0) is 51.0 Å². The monoisotopic (exact) mass is 260 g/mol. The Morgan fingerprint density at radius 2 is 1.74 bits per heavy atom. The van der Waals surface area contributed by atoms with E-state index in [0.717, 1.165) is 12.5 Å². The number of nitrogens with two attached hydrogens (primary N) is 1. The molecule has 0 heterocycles. The summed E-state index contributed by atoms with van der Waals surface area (Å²) < 4.78 is 0. The van der Waals surface area contributed by atoms with Crippen LogP contribution in [0.25, 0.3) is 0 Å². The van der Waals surface area contributed by atoms with Gasteiger partial charge in [-0.15, -0.1) is 0 Å². The number of benzene rings is 1. The first-order valence-electron chi connectivity index (χ1n) is 7.68. The lowest BCUT2D eigenvalue weighted by Crippen LogP contribution is -2.37.